The Morgan fingerprint density at radius 3 is 2.33 bits per heavy atom. The van der Waals surface area contributed by atoms with Crippen molar-refractivity contribution >= 4 is 44.6 Å². The van der Waals surface area contributed by atoms with E-state index in [0.717, 1.165) is 37.0 Å². The molecule has 0 spiro atoms. The lowest BCUT2D eigenvalue weighted by Crippen LogP contribution is -2.36. The van der Waals surface area contributed by atoms with Gasteiger partial charge in [-0.25, -0.2) is 8.42 Å². The molecule has 0 bridgehead atoms. The van der Waals surface area contributed by atoms with E-state index in [-0.39, 0.29) is 15.5 Å². The lowest BCUT2D eigenvalue weighted by Gasteiger charge is -2.28. The van der Waals surface area contributed by atoms with Crippen molar-refractivity contribution in [3.8, 4) is 0 Å². The zero-order chi connectivity index (χ0) is 25.9. The van der Waals surface area contributed by atoms with E-state index in [4.69, 9.17) is 16.3 Å². The Bertz CT molecular complexity index is 1360. The van der Waals surface area contributed by atoms with Gasteiger partial charge in [-0.3, -0.25) is 9.52 Å². The summed E-state index contributed by atoms with van der Waals surface area (Å²) in [5.41, 5.74) is 0.0622. The Labute approximate surface area is 210 Å². The molecule has 1 aliphatic rings. The van der Waals surface area contributed by atoms with Crippen LogP contribution in [0.1, 0.15) is 15.9 Å². The zero-order valence-electron chi connectivity index (χ0n) is 18.7. The van der Waals surface area contributed by atoms with Crippen molar-refractivity contribution in [2.75, 3.05) is 41.2 Å². The van der Waals surface area contributed by atoms with Crippen molar-refractivity contribution in [2.24, 2.45) is 0 Å². The van der Waals surface area contributed by atoms with Gasteiger partial charge in [-0.05, 0) is 60.7 Å². The first kappa shape index (κ1) is 25.8. The van der Waals surface area contributed by atoms with Gasteiger partial charge in [0.05, 0.1) is 34.4 Å². The third kappa shape index (κ3) is 6.10. The Balaban J connectivity index is 1.49. The minimum absolute atomic E-state index is 0.0465. The number of amides is 1. The molecule has 190 valence electrons. The number of sulfonamides is 1. The highest BCUT2D eigenvalue weighted by molar-refractivity contribution is 7.92. The number of nitrogens with one attached hydrogen (secondary N) is 2. The first-order valence-electron chi connectivity index (χ1n) is 10.8. The Morgan fingerprint density at radius 1 is 0.972 bits per heavy atom. The SMILES string of the molecule is O=C(Nc1ccc(N2CCOCC2)cc1)c1cccc(S(=O)(=O)Nc2cc(C(F)(F)F)ccc2Cl)c1. The molecule has 12 heteroatoms. The van der Waals surface area contributed by atoms with Gasteiger partial charge in [0.2, 0.25) is 0 Å². The second kappa shape index (κ2) is 10.4. The largest absolute Gasteiger partial charge is 0.416 e. The van der Waals surface area contributed by atoms with Crippen molar-refractivity contribution in [1.82, 2.24) is 0 Å². The van der Waals surface area contributed by atoms with Gasteiger partial charge in [-0.15, -0.1) is 0 Å². The van der Waals surface area contributed by atoms with E-state index in [9.17, 15) is 26.4 Å². The number of anilines is 3. The maximum atomic E-state index is 13.0. The second-order valence-electron chi connectivity index (χ2n) is 7.93. The normalized spacial score (nSPS) is 14.4. The van der Waals surface area contributed by atoms with Crippen LogP contribution in [0.2, 0.25) is 5.02 Å². The van der Waals surface area contributed by atoms with Crippen LogP contribution >= 0.6 is 11.6 Å². The molecular formula is C24H21ClF3N3O4S. The number of carbonyl (C=O) groups excluding carboxylic acids is 1. The minimum Gasteiger partial charge on any atom is -0.378 e. The molecule has 1 aliphatic heterocycles. The van der Waals surface area contributed by atoms with E-state index < -0.39 is 33.4 Å². The average Bonchev–Trinajstić information content (AvgIpc) is 2.85. The third-order valence-corrected chi connectivity index (χ3v) is 7.14. The number of benzene rings is 3. The molecule has 1 saturated heterocycles. The van der Waals surface area contributed by atoms with E-state index >= 15 is 0 Å². The number of rotatable bonds is 6. The Hall–Kier alpha value is -3.28. The fourth-order valence-electron chi connectivity index (χ4n) is 3.57. The first-order valence-corrected chi connectivity index (χ1v) is 12.6. The summed E-state index contributed by atoms with van der Waals surface area (Å²) in [5.74, 6) is -0.553. The van der Waals surface area contributed by atoms with Crippen LogP contribution in [0, 0.1) is 0 Å². The molecule has 3 aromatic rings. The highest BCUT2D eigenvalue weighted by atomic mass is 35.5. The summed E-state index contributed by atoms with van der Waals surface area (Å²) in [4.78, 5) is 14.6. The van der Waals surface area contributed by atoms with Gasteiger partial charge in [0.25, 0.3) is 15.9 Å². The minimum atomic E-state index is -4.68. The van der Waals surface area contributed by atoms with Gasteiger partial charge in [0, 0.05) is 30.0 Å². The molecule has 2 N–H and O–H groups in total. The Morgan fingerprint density at radius 2 is 1.67 bits per heavy atom. The van der Waals surface area contributed by atoms with Gasteiger partial charge in [-0.2, -0.15) is 13.2 Å². The van der Waals surface area contributed by atoms with E-state index in [0.29, 0.717) is 25.0 Å². The van der Waals surface area contributed by atoms with Gasteiger partial charge < -0.3 is 15.0 Å². The molecule has 4 rings (SSSR count). The summed E-state index contributed by atoms with van der Waals surface area (Å²) >= 11 is 5.90. The highest BCUT2D eigenvalue weighted by Crippen LogP contribution is 2.34. The summed E-state index contributed by atoms with van der Waals surface area (Å²) in [5, 5.41) is 2.50. The molecule has 0 saturated carbocycles. The molecular weight excluding hydrogens is 519 g/mol. The van der Waals surface area contributed by atoms with Crippen LogP contribution in [0.3, 0.4) is 0 Å². The van der Waals surface area contributed by atoms with Crippen molar-refractivity contribution in [3.05, 3.63) is 82.9 Å². The molecule has 0 unspecified atom stereocenters. The average molecular weight is 540 g/mol. The number of alkyl halides is 3. The van der Waals surface area contributed by atoms with Crippen molar-refractivity contribution in [3.63, 3.8) is 0 Å². The summed E-state index contributed by atoms with van der Waals surface area (Å²) in [7, 11) is -4.34. The molecule has 3 aromatic carbocycles. The molecule has 0 atom stereocenters. The van der Waals surface area contributed by atoms with Crippen LogP contribution in [0.15, 0.2) is 71.6 Å². The smallest absolute Gasteiger partial charge is 0.378 e. The first-order chi connectivity index (χ1) is 17.0. The summed E-state index contributed by atoms with van der Waals surface area (Å²) in [6, 6.07) is 14.6. The van der Waals surface area contributed by atoms with Crippen LogP contribution < -0.4 is 14.9 Å². The monoisotopic (exact) mass is 539 g/mol. The molecule has 1 heterocycles. The molecule has 1 fully saturated rings. The molecule has 0 radical (unpaired) electrons. The molecule has 0 aromatic heterocycles. The Kier molecular flexibility index (Phi) is 7.43. The third-order valence-electron chi connectivity index (χ3n) is 5.45. The number of halogens is 4. The van der Waals surface area contributed by atoms with E-state index in [1.807, 2.05) is 12.1 Å². The predicted octanol–water partition coefficient (Wildman–Crippen LogP) is 5.25. The van der Waals surface area contributed by atoms with Crippen molar-refractivity contribution < 1.29 is 31.1 Å². The maximum absolute atomic E-state index is 13.0. The zero-order valence-corrected chi connectivity index (χ0v) is 20.3. The number of ether oxygens (including phenoxy) is 1. The summed E-state index contributed by atoms with van der Waals surface area (Å²) in [6.45, 7) is 2.83. The van der Waals surface area contributed by atoms with Gasteiger partial charge in [0.15, 0.2) is 0 Å². The van der Waals surface area contributed by atoms with Crippen LogP contribution in [0.25, 0.3) is 0 Å². The fraction of sp³-hybridized carbons (Fsp3) is 0.208. The second-order valence-corrected chi connectivity index (χ2v) is 10.0. The summed E-state index contributed by atoms with van der Waals surface area (Å²) < 4.78 is 72.1. The van der Waals surface area contributed by atoms with Crippen LogP contribution in [-0.4, -0.2) is 40.6 Å². The van der Waals surface area contributed by atoms with Crippen LogP contribution in [0.5, 0.6) is 0 Å². The van der Waals surface area contributed by atoms with Gasteiger partial charge >= 0.3 is 6.18 Å². The number of carbonyl (C=O) groups is 1. The topological polar surface area (TPSA) is 87.7 Å². The van der Waals surface area contributed by atoms with E-state index in [2.05, 4.69) is 14.9 Å². The highest BCUT2D eigenvalue weighted by Gasteiger charge is 2.31. The van der Waals surface area contributed by atoms with Crippen LogP contribution in [-0.2, 0) is 20.9 Å². The van der Waals surface area contributed by atoms with Gasteiger partial charge in [-0.1, -0.05) is 17.7 Å². The predicted molar refractivity (Wildman–Crippen MR) is 131 cm³/mol. The standard InChI is InChI=1S/C24H21ClF3N3O4S/c25-21-9-4-17(24(26,27)28)15-22(21)30-36(33,34)20-3-1-2-16(14-20)23(32)29-18-5-7-19(8-6-18)31-10-12-35-13-11-31/h1-9,14-15,30H,10-13H2,(H,29,32). The van der Waals surface area contributed by atoms with E-state index in [1.165, 1.54) is 18.2 Å². The molecule has 1 amide bonds. The number of nitrogens with zero attached hydrogens (tertiary/aromatic N) is 1. The molecule has 36 heavy (non-hydrogen) atoms. The number of hydrogen-bond donors (Lipinski definition) is 2. The number of hydrogen-bond acceptors (Lipinski definition) is 5. The van der Waals surface area contributed by atoms with Crippen molar-refractivity contribution in [1.29, 1.82) is 0 Å². The van der Waals surface area contributed by atoms with Crippen molar-refractivity contribution in [2.45, 2.75) is 11.1 Å². The lowest BCUT2D eigenvalue weighted by atomic mass is 10.2. The van der Waals surface area contributed by atoms with Gasteiger partial charge in [0.1, 0.15) is 0 Å². The lowest BCUT2D eigenvalue weighted by molar-refractivity contribution is -0.137. The van der Waals surface area contributed by atoms with E-state index in [1.54, 1.807) is 12.1 Å². The quantitative estimate of drug-likeness (QED) is 0.447. The maximum Gasteiger partial charge on any atom is 0.416 e. The molecule has 7 nitrogen and oxygen atoms in total. The molecule has 0 aliphatic carbocycles. The van der Waals surface area contributed by atoms with Crippen LogP contribution in [0.4, 0.5) is 30.2 Å². The number of morpholine rings is 1. The summed E-state index contributed by atoms with van der Waals surface area (Å²) in [6.07, 6.45) is -4.68. The fourth-order valence-corrected chi connectivity index (χ4v) is 4.91.